The Labute approximate surface area is 300 Å². The minimum absolute atomic E-state index is 0. The number of nitrogens with zero attached hydrogens (tertiary/aromatic N) is 4. The third-order valence-electron chi connectivity index (χ3n) is 9.93. The average Bonchev–Trinajstić information content (AvgIpc) is 3.77. The molecule has 1 aliphatic rings. The maximum absolute atomic E-state index is 16.7. The normalized spacial score (nSPS) is 14.3. The first-order chi connectivity index (χ1) is 23.5. The van der Waals surface area contributed by atoms with E-state index in [1.165, 1.54) is 25.7 Å². The number of hydrogen-bond acceptors (Lipinski definition) is 4. The second-order valence-electron chi connectivity index (χ2n) is 13.0. The van der Waals surface area contributed by atoms with Crippen LogP contribution in [-0.2, 0) is 25.8 Å². The summed E-state index contributed by atoms with van der Waals surface area (Å²) in [6.07, 6.45) is 4.11. The van der Waals surface area contributed by atoms with Gasteiger partial charge in [0.1, 0.15) is 12.0 Å². The van der Waals surface area contributed by atoms with Crippen LogP contribution < -0.4 is 4.90 Å². The van der Waals surface area contributed by atoms with Crippen LogP contribution in [0.4, 0.5) is 21.6 Å². The van der Waals surface area contributed by atoms with Gasteiger partial charge in [-0.05, 0) is 41.3 Å². The van der Waals surface area contributed by atoms with E-state index in [1.54, 1.807) is 12.3 Å². The molecule has 0 N–H and O–H groups in total. The number of para-hydroxylation sites is 1. The van der Waals surface area contributed by atoms with Crippen LogP contribution >= 0.6 is 11.3 Å². The SMILES string of the molecule is CC1(C)c2cccnc2N(c2[c-]c(C(F)c3[c-]c4c(cc3)c3ccccc3n3ccnc43)ccc2)c2ccc3sc4ccccc4c3c21.[Pd+2]. The number of rotatable bonds is 3. The Hall–Kier alpha value is -4.93. The Kier molecular flexibility index (Phi) is 6.80. The van der Waals surface area contributed by atoms with Crippen molar-refractivity contribution in [2.75, 3.05) is 4.90 Å². The van der Waals surface area contributed by atoms with Crippen LogP contribution in [0.2, 0.25) is 0 Å². The van der Waals surface area contributed by atoms with E-state index in [9.17, 15) is 0 Å². The second-order valence-corrected chi connectivity index (χ2v) is 14.0. The molecule has 4 aromatic heterocycles. The van der Waals surface area contributed by atoms with Gasteiger partial charge in [-0.3, -0.25) is 4.98 Å². The minimum atomic E-state index is -1.44. The van der Waals surface area contributed by atoms with Gasteiger partial charge < -0.3 is 9.30 Å². The molecule has 1 atom stereocenters. The fourth-order valence-electron chi connectivity index (χ4n) is 7.75. The Morgan fingerprint density at radius 2 is 1.55 bits per heavy atom. The number of fused-ring (bicyclic) bond motifs is 12. The Morgan fingerprint density at radius 1 is 0.735 bits per heavy atom. The average molecular weight is 745 g/mol. The van der Waals surface area contributed by atoms with Crippen LogP contribution in [0.1, 0.15) is 42.3 Å². The first-order valence-electron chi connectivity index (χ1n) is 16.1. The van der Waals surface area contributed by atoms with Crippen LogP contribution in [0.25, 0.3) is 47.5 Å². The van der Waals surface area contributed by atoms with Crippen LogP contribution in [0.15, 0.2) is 122 Å². The summed E-state index contributed by atoms with van der Waals surface area (Å²) in [4.78, 5) is 11.7. The summed E-state index contributed by atoms with van der Waals surface area (Å²) < 4.78 is 21.3. The number of alkyl halides is 1. The monoisotopic (exact) mass is 744 g/mol. The topological polar surface area (TPSA) is 33.4 Å². The molecule has 0 saturated carbocycles. The molecular weight excluding hydrogens is 718 g/mol. The number of hydrogen-bond donors (Lipinski definition) is 0. The van der Waals surface area contributed by atoms with E-state index in [2.05, 4.69) is 90.5 Å². The molecule has 0 saturated heterocycles. The molecule has 0 radical (unpaired) electrons. The molecular formula is C42H27FN4PdS. The molecule has 7 heteroatoms. The number of thiophene rings is 1. The van der Waals surface area contributed by atoms with Crippen molar-refractivity contribution >= 4 is 76.0 Å². The van der Waals surface area contributed by atoms with Crippen molar-refractivity contribution in [3.63, 3.8) is 0 Å². The number of halogens is 1. The summed E-state index contributed by atoms with van der Waals surface area (Å²) in [5, 5.41) is 5.39. The summed E-state index contributed by atoms with van der Waals surface area (Å²) in [7, 11) is 0. The Balaban J connectivity index is 0.00000325. The molecule has 4 nitrogen and oxygen atoms in total. The largest absolute Gasteiger partial charge is 2.00 e. The third-order valence-corrected chi connectivity index (χ3v) is 11.1. The van der Waals surface area contributed by atoms with Crippen molar-refractivity contribution in [2.45, 2.75) is 25.4 Å². The van der Waals surface area contributed by atoms with E-state index in [4.69, 9.17) is 4.98 Å². The zero-order valence-electron chi connectivity index (χ0n) is 26.5. The van der Waals surface area contributed by atoms with Crippen molar-refractivity contribution in [1.29, 1.82) is 0 Å². The summed E-state index contributed by atoms with van der Waals surface area (Å²) in [5.74, 6) is 0.837. The Morgan fingerprint density at radius 3 is 2.45 bits per heavy atom. The fraction of sp³-hybridized carbons (Fsp3) is 0.0952. The smallest absolute Gasteiger partial charge is 0.340 e. The van der Waals surface area contributed by atoms with Crippen molar-refractivity contribution in [3.05, 3.63) is 156 Å². The van der Waals surface area contributed by atoms with Gasteiger partial charge in [-0.15, -0.1) is 41.2 Å². The van der Waals surface area contributed by atoms with Crippen LogP contribution in [-0.4, -0.2) is 14.4 Å². The van der Waals surface area contributed by atoms with Gasteiger partial charge in [0.2, 0.25) is 0 Å². The number of benzene rings is 5. The summed E-state index contributed by atoms with van der Waals surface area (Å²) >= 11 is 1.82. The number of aromatic nitrogens is 3. The number of anilines is 3. The third kappa shape index (κ3) is 4.29. The van der Waals surface area contributed by atoms with E-state index in [0.29, 0.717) is 11.1 Å². The van der Waals surface area contributed by atoms with Gasteiger partial charge in [0, 0.05) is 55.3 Å². The molecule has 1 unspecified atom stereocenters. The van der Waals surface area contributed by atoms with E-state index >= 15 is 4.39 Å². The van der Waals surface area contributed by atoms with Crippen LogP contribution in [0.3, 0.4) is 0 Å². The van der Waals surface area contributed by atoms with Gasteiger partial charge in [-0.1, -0.05) is 78.3 Å². The molecule has 0 amide bonds. The maximum atomic E-state index is 16.7. The molecule has 0 fully saturated rings. The fourth-order valence-corrected chi connectivity index (χ4v) is 8.87. The van der Waals surface area contributed by atoms with Crippen molar-refractivity contribution in [1.82, 2.24) is 14.4 Å². The maximum Gasteiger partial charge on any atom is 2.00 e. The summed E-state index contributed by atoms with van der Waals surface area (Å²) in [6, 6.07) is 41.9. The molecule has 0 spiro atoms. The van der Waals surface area contributed by atoms with Crippen molar-refractivity contribution < 1.29 is 24.8 Å². The summed E-state index contributed by atoms with van der Waals surface area (Å²) in [6.45, 7) is 4.56. The van der Waals surface area contributed by atoms with Gasteiger partial charge in [-0.2, -0.15) is 18.2 Å². The predicted molar refractivity (Wildman–Crippen MR) is 195 cm³/mol. The first-order valence-corrected chi connectivity index (χ1v) is 16.9. The minimum Gasteiger partial charge on any atom is -0.340 e. The summed E-state index contributed by atoms with van der Waals surface area (Å²) in [5.41, 5.74) is 6.53. The quantitative estimate of drug-likeness (QED) is 0.103. The van der Waals surface area contributed by atoms with Gasteiger partial charge >= 0.3 is 20.4 Å². The van der Waals surface area contributed by atoms with Gasteiger partial charge in [-0.25, -0.2) is 9.37 Å². The van der Waals surface area contributed by atoms with Crippen LogP contribution in [0, 0.1) is 12.1 Å². The predicted octanol–water partition coefficient (Wildman–Crippen LogP) is 11.2. The molecule has 0 bridgehead atoms. The zero-order valence-corrected chi connectivity index (χ0v) is 28.9. The van der Waals surface area contributed by atoms with Crippen molar-refractivity contribution in [2.24, 2.45) is 0 Å². The molecule has 49 heavy (non-hydrogen) atoms. The molecule has 0 aliphatic carbocycles. The molecule has 1 aliphatic heterocycles. The van der Waals surface area contributed by atoms with Gasteiger partial charge in [0.25, 0.3) is 0 Å². The first kappa shape index (κ1) is 30.2. The second kappa shape index (κ2) is 11.0. The molecule has 5 aromatic carbocycles. The molecule has 9 aromatic rings. The molecule has 5 heterocycles. The zero-order chi connectivity index (χ0) is 32.1. The number of pyridine rings is 2. The van der Waals surface area contributed by atoms with Gasteiger partial charge in [0.15, 0.2) is 0 Å². The van der Waals surface area contributed by atoms with E-state index in [-0.39, 0.29) is 25.8 Å². The molecule has 10 rings (SSSR count). The van der Waals surface area contributed by atoms with E-state index < -0.39 is 6.17 Å². The van der Waals surface area contributed by atoms with Crippen molar-refractivity contribution in [3.8, 4) is 0 Å². The Bertz CT molecular complexity index is 2760. The standard InChI is InChI=1S/C42H27FN4S.Pd/c1-42(2)32-13-8-20-44-41(32)47(34-18-19-36-37(38(34)42)30-12-4-6-15-35(30)48-36)27-10-7-9-25(23-27)39(43)26-16-17-28-29-11-3-5-14-33(29)46-22-21-45-40(46)31(28)24-26;/h3-22,39H,1-2H3;/q-2;+2. The van der Waals surface area contributed by atoms with E-state index in [0.717, 1.165) is 50.1 Å². The van der Waals surface area contributed by atoms with Gasteiger partial charge in [0.05, 0.1) is 11.3 Å². The van der Waals surface area contributed by atoms with Crippen LogP contribution in [0.5, 0.6) is 0 Å². The van der Waals surface area contributed by atoms with E-state index in [1.807, 2.05) is 70.6 Å². The number of imidazole rings is 1. The molecule has 238 valence electrons.